The highest BCUT2D eigenvalue weighted by Gasteiger charge is 2.18. The summed E-state index contributed by atoms with van der Waals surface area (Å²) in [5, 5.41) is 23.2. The zero-order chi connectivity index (χ0) is 63.5. The van der Waals surface area contributed by atoms with Gasteiger partial charge in [-0.25, -0.2) is 0 Å². The molecule has 0 rings (SSSR count). The van der Waals surface area contributed by atoms with Crippen molar-refractivity contribution in [1.29, 1.82) is 0 Å². The third-order valence-corrected chi connectivity index (χ3v) is 19.2. The number of carbonyl (C=O) groups is 2. The van der Waals surface area contributed by atoms with E-state index in [0.717, 1.165) is 38.5 Å². The van der Waals surface area contributed by atoms with Gasteiger partial charge in [0.2, 0.25) is 5.91 Å². The molecule has 0 aromatic carbocycles. The lowest BCUT2D eigenvalue weighted by Crippen LogP contribution is -2.45. The second kappa shape index (κ2) is 77.8. The molecule has 522 valence electrons. The molecule has 0 aromatic heterocycles. The van der Waals surface area contributed by atoms with Gasteiger partial charge in [0.15, 0.2) is 0 Å². The lowest BCUT2D eigenvalue weighted by molar-refractivity contribution is -0.143. The molecule has 0 fully saturated rings. The van der Waals surface area contributed by atoms with Crippen LogP contribution < -0.4 is 5.32 Å². The maximum absolute atomic E-state index is 12.5. The van der Waals surface area contributed by atoms with Gasteiger partial charge in [0.1, 0.15) is 0 Å². The molecule has 2 unspecified atom stereocenters. The first kappa shape index (κ1) is 86.3. The van der Waals surface area contributed by atoms with Crippen molar-refractivity contribution in [2.24, 2.45) is 0 Å². The Morgan fingerprint density at radius 3 is 0.807 bits per heavy atom. The summed E-state index contributed by atoms with van der Waals surface area (Å²) in [6.07, 6.45) is 100. The molecule has 2 atom stereocenters. The number of aliphatic hydroxyl groups excluding tert-OH is 2. The average molecular weight is 1240 g/mol. The van der Waals surface area contributed by atoms with Gasteiger partial charge in [-0.3, -0.25) is 9.59 Å². The van der Waals surface area contributed by atoms with Crippen molar-refractivity contribution in [3.05, 3.63) is 24.3 Å². The highest BCUT2D eigenvalue weighted by molar-refractivity contribution is 5.76. The van der Waals surface area contributed by atoms with Crippen LogP contribution in [0, 0.1) is 0 Å². The van der Waals surface area contributed by atoms with Crippen LogP contribution in [0.3, 0.4) is 0 Å². The van der Waals surface area contributed by atoms with Crippen LogP contribution in [-0.4, -0.2) is 47.4 Å². The second-order valence-corrected chi connectivity index (χ2v) is 28.1. The van der Waals surface area contributed by atoms with Gasteiger partial charge >= 0.3 is 5.97 Å². The molecule has 0 aliphatic carbocycles. The second-order valence-electron chi connectivity index (χ2n) is 28.1. The third-order valence-electron chi connectivity index (χ3n) is 19.2. The molecule has 3 N–H and O–H groups in total. The molecular formula is C82H159NO5. The van der Waals surface area contributed by atoms with E-state index in [9.17, 15) is 19.8 Å². The molecule has 6 heteroatoms. The summed E-state index contributed by atoms with van der Waals surface area (Å²) in [5.41, 5.74) is 0. The van der Waals surface area contributed by atoms with Crippen LogP contribution in [0.25, 0.3) is 0 Å². The summed E-state index contributed by atoms with van der Waals surface area (Å²) < 4.78 is 5.52. The van der Waals surface area contributed by atoms with E-state index < -0.39 is 12.1 Å². The van der Waals surface area contributed by atoms with Crippen molar-refractivity contribution in [1.82, 2.24) is 5.32 Å². The van der Waals surface area contributed by atoms with Crippen molar-refractivity contribution in [2.45, 2.75) is 475 Å². The number of carbonyl (C=O) groups excluding carboxylic acids is 2. The molecule has 6 nitrogen and oxygen atoms in total. The summed E-state index contributed by atoms with van der Waals surface area (Å²) >= 11 is 0. The van der Waals surface area contributed by atoms with Crippen molar-refractivity contribution in [2.75, 3.05) is 13.2 Å². The molecule has 0 spiro atoms. The zero-order valence-electron chi connectivity index (χ0n) is 60.0. The Kier molecular flexibility index (Phi) is 76.3. The molecule has 0 saturated heterocycles. The van der Waals surface area contributed by atoms with Gasteiger partial charge in [-0.15, -0.1) is 0 Å². The molecular weight excluding hydrogens is 1080 g/mol. The number of hydrogen-bond acceptors (Lipinski definition) is 5. The van der Waals surface area contributed by atoms with E-state index in [1.807, 2.05) is 6.08 Å². The molecule has 88 heavy (non-hydrogen) atoms. The standard InChI is InChI=1S/C82H159NO5/c1-3-5-7-9-11-13-15-17-19-21-39-44-48-52-56-60-64-68-72-76-82(87)88-77-73-69-65-61-57-53-49-45-41-38-36-34-32-30-28-26-24-22-23-25-27-29-31-33-35-37-40-43-47-51-55-59-63-67-71-75-81(86)83-79(78-84)80(85)74-70-66-62-58-54-50-46-42-20-18-16-14-12-10-8-6-4-2/h24,26,70,74,79-80,84-85H,3-23,25,27-69,71-73,75-78H2,1-2H3,(H,83,86)/b26-24-,74-70+. The Morgan fingerprint density at radius 1 is 0.307 bits per heavy atom. The summed E-state index contributed by atoms with van der Waals surface area (Å²) in [7, 11) is 0. The summed E-state index contributed by atoms with van der Waals surface area (Å²) in [6.45, 7) is 4.96. The Hall–Kier alpha value is -1.66. The molecule has 1 amide bonds. The number of rotatable bonds is 77. The molecule has 0 bridgehead atoms. The van der Waals surface area contributed by atoms with Crippen molar-refractivity contribution < 1.29 is 24.5 Å². The minimum absolute atomic E-state index is 0.0259. The summed E-state index contributed by atoms with van der Waals surface area (Å²) in [4.78, 5) is 24.7. The van der Waals surface area contributed by atoms with E-state index in [-0.39, 0.29) is 18.5 Å². The Bertz CT molecular complexity index is 1380. The van der Waals surface area contributed by atoms with Gasteiger partial charge in [-0.1, -0.05) is 417 Å². The Balaban J connectivity index is 3.33. The minimum atomic E-state index is -0.842. The number of nitrogens with one attached hydrogen (secondary N) is 1. The van der Waals surface area contributed by atoms with Crippen LogP contribution in [-0.2, 0) is 14.3 Å². The van der Waals surface area contributed by atoms with Crippen molar-refractivity contribution in [3.63, 3.8) is 0 Å². The van der Waals surface area contributed by atoms with Crippen molar-refractivity contribution >= 4 is 11.9 Å². The van der Waals surface area contributed by atoms with E-state index in [1.165, 1.54) is 398 Å². The molecule has 0 aliphatic rings. The van der Waals surface area contributed by atoms with Crippen LogP contribution in [0.15, 0.2) is 24.3 Å². The lowest BCUT2D eigenvalue weighted by atomic mass is 10.0. The van der Waals surface area contributed by atoms with Crippen LogP contribution in [0.5, 0.6) is 0 Å². The molecule has 0 aliphatic heterocycles. The van der Waals surface area contributed by atoms with Gasteiger partial charge in [-0.2, -0.15) is 0 Å². The van der Waals surface area contributed by atoms with Gasteiger partial charge in [-0.05, 0) is 57.8 Å². The third kappa shape index (κ3) is 73.4. The first-order valence-corrected chi connectivity index (χ1v) is 40.6. The van der Waals surface area contributed by atoms with E-state index in [4.69, 9.17) is 4.74 Å². The van der Waals surface area contributed by atoms with Gasteiger partial charge in [0.05, 0.1) is 25.4 Å². The number of unbranched alkanes of at least 4 members (excludes halogenated alkanes) is 64. The Morgan fingerprint density at radius 2 is 0.534 bits per heavy atom. The quantitative estimate of drug-likeness (QED) is 0.0320. The number of ether oxygens (including phenoxy) is 1. The first-order valence-electron chi connectivity index (χ1n) is 40.6. The van der Waals surface area contributed by atoms with Gasteiger partial charge in [0, 0.05) is 12.8 Å². The van der Waals surface area contributed by atoms with Crippen molar-refractivity contribution in [3.8, 4) is 0 Å². The van der Waals surface area contributed by atoms with Crippen LogP contribution in [0.2, 0.25) is 0 Å². The Labute approximate surface area is 551 Å². The minimum Gasteiger partial charge on any atom is -0.466 e. The van der Waals surface area contributed by atoms with Gasteiger partial charge in [0.25, 0.3) is 0 Å². The molecule has 0 aromatic rings. The predicted octanol–water partition coefficient (Wildman–Crippen LogP) is 26.8. The first-order chi connectivity index (χ1) is 43.5. The SMILES string of the molecule is CCCCCCCCCCCCCCCCC/C=C/C(O)C(CO)NC(=O)CCCCCCCCCCCCCCCCCCC/C=C\CCCCCCCCCCCCCCCCOC(=O)CCCCCCCCCCCCCCCCCCCCC. The largest absolute Gasteiger partial charge is 0.466 e. The molecule has 0 heterocycles. The molecule has 0 radical (unpaired) electrons. The number of hydrogen-bond donors (Lipinski definition) is 3. The number of amides is 1. The average Bonchev–Trinajstić information content (AvgIpc) is 3.58. The maximum atomic E-state index is 12.5. The van der Waals surface area contributed by atoms with E-state index >= 15 is 0 Å². The highest BCUT2D eigenvalue weighted by atomic mass is 16.5. The number of aliphatic hydroxyl groups is 2. The highest BCUT2D eigenvalue weighted by Crippen LogP contribution is 2.20. The normalized spacial score (nSPS) is 12.5. The maximum Gasteiger partial charge on any atom is 0.305 e. The van der Waals surface area contributed by atoms with Crippen LogP contribution in [0.1, 0.15) is 463 Å². The van der Waals surface area contributed by atoms with E-state index in [1.54, 1.807) is 6.08 Å². The number of esters is 1. The lowest BCUT2D eigenvalue weighted by Gasteiger charge is -2.20. The zero-order valence-corrected chi connectivity index (χ0v) is 60.0. The fraction of sp³-hybridized carbons (Fsp3) is 0.927. The number of allylic oxidation sites excluding steroid dienone is 3. The molecule has 0 saturated carbocycles. The van der Waals surface area contributed by atoms with E-state index in [0.29, 0.717) is 19.4 Å². The fourth-order valence-electron chi connectivity index (χ4n) is 13.0. The van der Waals surface area contributed by atoms with E-state index in [2.05, 4.69) is 31.3 Å². The monoisotopic (exact) mass is 1240 g/mol. The van der Waals surface area contributed by atoms with Crippen LogP contribution >= 0.6 is 0 Å². The fourth-order valence-corrected chi connectivity index (χ4v) is 13.0. The smallest absolute Gasteiger partial charge is 0.305 e. The summed E-state index contributed by atoms with van der Waals surface area (Å²) in [5.74, 6) is -0.0347. The van der Waals surface area contributed by atoms with Gasteiger partial charge < -0.3 is 20.3 Å². The van der Waals surface area contributed by atoms with Crippen LogP contribution in [0.4, 0.5) is 0 Å². The topological polar surface area (TPSA) is 95.9 Å². The predicted molar refractivity (Wildman–Crippen MR) is 389 cm³/mol. The summed E-state index contributed by atoms with van der Waals surface area (Å²) in [6, 6.07) is -0.625.